The molecule has 11 rings (SSSR count). The molecule has 0 aliphatic carbocycles. The molecule has 5 nitrogen and oxygen atoms in total. The third kappa shape index (κ3) is 4.90. The smallest absolute Gasteiger partial charge is 0.164 e. The lowest BCUT2D eigenvalue weighted by molar-refractivity contribution is 0.669. The zero-order valence-electron chi connectivity index (χ0n) is 28.9. The summed E-state index contributed by atoms with van der Waals surface area (Å²) in [5, 5.41) is 6.28. The Hall–Kier alpha value is -7.37. The van der Waals surface area contributed by atoms with Gasteiger partial charge in [-0.05, 0) is 64.0 Å². The van der Waals surface area contributed by atoms with Gasteiger partial charge in [-0.25, -0.2) is 15.0 Å². The highest BCUT2D eigenvalue weighted by atomic mass is 16.3. The first-order chi connectivity index (χ1) is 26.7. The van der Waals surface area contributed by atoms with Gasteiger partial charge < -0.3 is 8.83 Å². The van der Waals surface area contributed by atoms with Gasteiger partial charge in [0.25, 0.3) is 0 Å². The van der Waals surface area contributed by atoms with Crippen LogP contribution in [0.15, 0.2) is 185 Å². The monoisotopic (exact) mass is 691 g/mol. The Morgan fingerprint density at radius 3 is 1.67 bits per heavy atom. The van der Waals surface area contributed by atoms with Crippen LogP contribution < -0.4 is 0 Å². The van der Waals surface area contributed by atoms with Gasteiger partial charge in [0.15, 0.2) is 17.5 Å². The Morgan fingerprint density at radius 2 is 0.870 bits per heavy atom. The average molecular weight is 692 g/mol. The summed E-state index contributed by atoms with van der Waals surface area (Å²) in [6, 6.07) is 60.4. The van der Waals surface area contributed by atoms with Crippen LogP contribution >= 0.6 is 0 Å². The summed E-state index contributed by atoms with van der Waals surface area (Å²) >= 11 is 0. The lowest BCUT2D eigenvalue weighted by atomic mass is 9.95. The molecule has 0 bridgehead atoms. The first-order valence-electron chi connectivity index (χ1n) is 18.0. The molecule has 0 spiro atoms. The molecule has 11 aromatic rings. The zero-order valence-corrected chi connectivity index (χ0v) is 28.9. The number of para-hydroxylation sites is 1. The fourth-order valence-electron chi connectivity index (χ4n) is 7.75. The zero-order chi connectivity index (χ0) is 35.6. The molecule has 54 heavy (non-hydrogen) atoms. The van der Waals surface area contributed by atoms with Crippen LogP contribution in [-0.2, 0) is 0 Å². The lowest BCUT2D eigenvalue weighted by Gasteiger charge is -2.10. The largest absolute Gasteiger partial charge is 0.456 e. The normalized spacial score (nSPS) is 11.7. The van der Waals surface area contributed by atoms with E-state index in [1.807, 2.05) is 54.6 Å². The highest BCUT2D eigenvalue weighted by Crippen LogP contribution is 2.41. The molecule has 0 atom stereocenters. The van der Waals surface area contributed by atoms with Gasteiger partial charge >= 0.3 is 0 Å². The Labute approximate surface area is 309 Å². The molecule has 3 aromatic heterocycles. The molecular weight excluding hydrogens is 663 g/mol. The maximum atomic E-state index is 6.60. The summed E-state index contributed by atoms with van der Waals surface area (Å²) < 4.78 is 12.9. The molecule has 0 N–H and O–H groups in total. The third-order valence-corrected chi connectivity index (χ3v) is 10.3. The minimum absolute atomic E-state index is 0.576. The van der Waals surface area contributed by atoms with E-state index in [1.54, 1.807) is 0 Å². The number of benzene rings is 8. The van der Waals surface area contributed by atoms with Crippen molar-refractivity contribution in [2.45, 2.75) is 0 Å². The van der Waals surface area contributed by atoms with E-state index >= 15 is 0 Å². The van der Waals surface area contributed by atoms with E-state index in [2.05, 4.69) is 121 Å². The van der Waals surface area contributed by atoms with Crippen LogP contribution in [0.3, 0.4) is 0 Å². The van der Waals surface area contributed by atoms with Gasteiger partial charge in [-0.2, -0.15) is 0 Å². The number of fused-ring (bicyclic) bond motifs is 8. The van der Waals surface area contributed by atoms with Gasteiger partial charge in [0, 0.05) is 43.6 Å². The SMILES string of the molecule is c1ccc(-c2ccc(-c3nc(-c4ccc5oc6c7ccccc7c(-c7ccccc7)cc6c5c4)nc(-c4cccc5oc6ccccc6c45)n3)cc2)cc1. The van der Waals surface area contributed by atoms with Crippen LogP contribution in [0.2, 0.25) is 0 Å². The Morgan fingerprint density at radius 1 is 0.296 bits per heavy atom. The molecular formula is C49H29N3O2. The first kappa shape index (κ1) is 30.3. The minimum Gasteiger partial charge on any atom is -0.456 e. The van der Waals surface area contributed by atoms with Gasteiger partial charge in [-0.1, -0.05) is 140 Å². The van der Waals surface area contributed by atoms with E-state index in [1.165, 1.54) is 0 Å². The van der Waals surface area contributed by atoms with Crippen molar-refractivity contribution in [3.05, 3.63) is 176 Å². The molecule has 0 saturated carbocycles. The number of hydrogen-bond donors (Lipinski definition) is 0. The number of aromatic nitrogens is 3. The predicted molar refractivity (Wildman–Crippen MR) is 219 cm³/mol. The summed E-state index contributed by atoms with van der Waals surface area (Å²) in [7, 11) is 0. The van der Waals surface area contributed by atoms with Gasteiger partial charge in [-0.15, -0.1) is 0 Å². The number of hydrogen-bond acceptors (Lipinski definition) is 5. The Kier molecular flexibility index (Phi) is 6.79. The topological polar surface area (TPSA) is 65.0 Å². The van der Waals surface area contributed by atoms with E-state index in [4.69, 9.17) is 23.8 Å². The van der Waals surface area contributed by atoms with E-state index in [9.17, 15) is 0 Å². The van der Waals surface area contributed by atoms with Crippen LogP contribution in [0.25, 0.3) is 111 Å². The number of furan rings is 2. The highest BCUT2D eigenvalue weighted by molar-refractivity contribution is 6.19. The van der Waals surface area contributed by atoms with Crippen molar-refractivity contribution in [1.82, 2.24) is 15.0 Å². The van der Waals surface area contributed by atoms with Crippen molar-refractivity contribution >= 4 is 54.6 Å². The highest BCUT2D eigenvalue weighted by Gasteiger charge is 2.20. The molecule has 0 saturated heterocycles. The number of rotatable bonds is 5. The second-order valence-corrected chi connectivity index (χ2v) is 13.6. The molecule has 0 amide bonds. The van der Waals surface area contributed by atoms with Crippen LogP contribution in [0.5, 0.6) is 0 Å². The maximum Gasteiger partial charge on any atom is 0.164 e. The van der Waals surface area contributed by atoms with Gasteiger partial charge in [-0.3, -0.25) is 0 Å². The van der Waals surface area contributed by atoms with Crippen molar-refractivity contribution in [3.63, 3.8) is 0 Å². The van der Waals surface area contributed by atoms with Gasteiger partial charge in [0.05, 0.1) is 0 Å². The molecule has 0 fully saturated rings. The van der Waals surface area contributed by atoms with E-state index in [-0.39, 0.29) is 0 Å². The fourth-order valence-corrected chi connectivity index (χ4v) is 7.75. The van der Waals surface area contributed by atoms with E-state index in [0.717, 1.165) is 93.6 Å². The van der Waals surface area contributed by atoms with Gasteiger partial charge in [0.2, 0.25) is 0 Å². The minimum atomic E-state index is 0.576. The maximum absolute atomic E-state index is 6.60. The second-order valence-electron chi connectivity index (χ2n) is 13.6. The molecule has 0 unspecified atom stereocenters. The fraction of sp³-hybridized carbons (Fsp3) is 0. The summed E-state index contributed by atoms with van der Waals surface area (Å²) in [5.74, 6) is 1.75. The first-order valence-corrected chi connectivity index (χ1v) is 18.0. The quantitative estimate of drug-likeness (QED) is 0.180. The van der Waals surface area contributed by atoms with E-state index < -0.39 is 0 Å². The van der Waals surface area contributed by atoms with Crippen LogP contribution in [0.4, 0.5) is 0 Å². The molecule has 0 radical (unpaired) electrons. The standard InChI is InChI=1S/C49H29N3O2/c1-3-12-30(13-4-1)31-22-24-33(25-23-31)47-50-48(52-49(51-47)38-19-11-21-44-45(38)37-18-9-10-20-42(37)53-44)34-26-27-43-40(28-34)41-29-39(32-14-5-2-6-15-32)35-16-7-8-17-36(35)46(41)54-43/h1-29H. The van der Waals surface area contributed by atoms with E-state index in [0.29, 0.717) is 17.5 Å². The van der Waals surface area contributed by atoms with Crippen molar-refractivity contribution in [2.24, 2.45) is 0 Å². The Balaban J connectivity index is 1.13. The summed E-state index contributed by atoms with van der Waals surface area (Å²) in [4.78, 5) is 15.5. The molecule has 0 aliphatic heterocycles. The molecule has 3 heterocycles. The lowest BCUT2D eigenvalue weighted by Crippen LogP contribution is -2.00. The van der Waals surface area contributed by atoms with Crippen LogP contribution in [-0.4, -0.2) is 15.0 Å². The molecule has 8 aromatic carbocycles. The van der Waals surface area contributed by atoms with Crippen molar-refractivity contribution in [2.75, 3.05) is 0 Å². The molecule has 0 aliphatic rings. The summed E-state index contributed by atoms with van der Waals surface area (Å²) in [5.41, 5.74) is 10.6. The van der Waals surface area contributed by atoms with Crippen LogP contribution in [0, 0.1) is 0 Å². The second kappa shape index (κ2) is 12.1. The molecule has 5 heteroatoms. The van der Waals surface area contributed by atoms with Crippen molar-refractivity contribution in [1.29, 1.82) is 0 Å². The van der Waals surface area contributed by atoms with Crippen molar-refractivity contribution in [3.8, 4) is 56.4 Å². The summed E-state index contributed by atoms with van der Waals surface area (Å²) in [6.07, 6.45) is 0. The third-order valence-electron chi connectivity index (χ3n) is 10.3. The van der Waals surface area contributed by atoms with Gasteiger partial charge in [0.1, 0.15) is 22.3 Å². The molecule has 252 valence electrons. The average Bonchev–Trinajstić information content (AvgIpc) is 3.82. The van der Waals surface area contributed by atoms with Crippen molar-refractivity contribution < 1.29 is 8.83 Å². The number of nitrogens with zero attached hydrogens (tertiary/aromatic N) is 3. The Bertz CT molecular complexity index is 3200. The van der Waals surface area contributed by atoms with Crippen LogP contribution in [0.1, 0.15) is 0 Å². The predicted octanol–water partition coefficient (Wildman–Crippen LogP) is 13.2. The summed E-state index contributed by atoms with van der Waals surface area (Å²) in [6.45, 7) is 0.